The van der Waals surface area contributed by atoms with Gasteiger partial charge in [-0.05, 0) is 25.7 Å². The molecule has 4 amide bonds. The van der Waals surface area contributed by atoms with Gasteiger partial charge in [-0.2, -0.15) is 0 Å². The molecule has 0 atom stereocenters. The van der Waals surface area contributed by atoms with Gasteiger partial charge in [0.05, 0.1) is 0 Å². The first-order chi connectivity index (χ1) is 8.12. The standard InChI is InChI=1S/C12H26N4O2/c1-11(2,8-15-9(17)13-5)7-12(3,4)16-10(18)14-6/h7-8H2,1-6H3,(H2,13,15,17)(H2,14,16,18). The Bertz CT molecular complexity index is 300. The van der Waals surface area contributed by atoms with Crippen molar-refractivity contribution in [1.82, 2.24) is 21.3 Å². The van der Waals surface area contributed by atoms with Gasteiger partial charge in [-0.25, -0.2) is 9.59 Å². The van der Waals surface area contributed by atoms with Crippen molar-refractivity contribution in [1.29, 1.82) is 0 Å². The van der Waals surface area contributed by atoms with Crippen molar-refractivity contribution in [2.45, 2.75) is 39.7 Å². The molecule has 106 valence electrons. The summed E-state index contributed by atoms with van der Waals surface area (Å²) in [7, 11) is 3.17. The fourth-order valence-corrected chi connectivity index (χ4v) is 2.08. The second-order valence-electron chi connectivity index (χ2n) is 5.86. The molecule has 0 saturated heterocycles. The smallest absolute Gasteiger partial charge is 0.314 e. The molecular formula is C12H26N4O2. The first-order valence-corrected chi connectivity index (χ1v) is 6.07. The van der Waals surface area contributed by atoms with Crippen molar-refractivity contribution in [3.05, 3.63) is 0 Å². The molecule has 0 spiro atoms. The quantitative estimate of drug-likeness (QED) is 0.594. The van der Waals surface area contributed by atoms with Gasteiger partial charge in [0.1, 0.15) is 0 Å². The van der Waals surface area contributed by atoms with Crippen LogP contribution in [0.25, 0.3) is 0 Å². The number of hydrogen-bond acceptors (Lipinski definition) is 2. The highest BCUT2D eigenvalue weighted by molar-refractivity contribution is 5.74. The third-order valence-electron chi connectivity index (χ3n) is 2.55. The topological polar surface area (TPSA) is 82.3 Å². The summed E-state index contributed by atoms with van der Waals surface area (Å²) in [5.41, 5.74) is -0.453. The fourth-order valence-electron chi connectivity index (χ4n) is 2.08. The van der Waals surface area contributed by atoms with Crippen LogP contribution in [-0.4, -0.2) is 38.2 Å². The third kappa shape index (κ3) is 6.98. The summed E-state index contributed by atoms with van der Waals surface area (Å²) in [6.07, 6.45) is 0.747. The molecule has 0 bridgehead atoms. The molecule has 0 radical (unpaired) electrons. The molecule has 6 nitrogen and oxygen atoms in total. The van der Waals surface area contributed by atoms with Crippen molar-refractivity contribution >= 4 is 12.1 Å². The molecule has 0 aliphatic heterocycles. The molecule has 0 aromatic carbocycles. The minimum absolute atomic E-state index is 0.114. The van der Waals surface area contributed by atoms with E-state index in [1.54, 1.807) is 14.1 Å². The molecule has 18 heavy (non-hydrogen) atoms. The molecule has 0 aromatic rings. The summed E-state index contributed by atoms with van der Waals surface area (Å²) in [6.45, 7) is 8.58. The third-order valence-corrected chi connectivity index (χ3v) is 2.55. The van der Waals surface area contributed by atoms with E-state index in [-0.39, 0.29) is 23.0 Å². The normalized spacial score (nSPS) is 11.7. The van der Waals surface area contributed by atoms with Gasteiger partial charge in [0.15, 0.2) is 0 Å². The van der Waals surface area contributed by atoms with Gasteiger partial charge < -0.3 is 21.3 Å². The number of urea groups is 2. The zero-order valence-electron chi connectivity index (χ0n) is 12.2. The molecule has 0 aliphatic carbocycles. The number of hydrogen-bond donors (Lipinski definition) is 4. The zero-order chi connectivity index (χ0) is 14.4. The second kappa shape index (κ2) is 6.47. The molecule has 0 aromatic heterocycles. The molecule has 0 aliphatic rings. The van der Waals surface area contributed by atoms with E-state index >= 15 is 0 Å². The van der Waals surface area contributed by atoms with Crippen LogP contribution in [0, 0.1) is 5.41 Å². The SMILES string of the molecule is CNC(=O)NCC(C)(C)CC(C)(C)NC(=O)NC. The Kier molecular flexibility index (Phi) is 5.94. The van der Waals surface area contributed by atoms with Gasteiger partial charge in [-0.15, -0.1) is 0 Å². The molecule has 0 rings (SSSR count). The van der Waals surface area contributed by atoms with E-state index < -0.39 is 0 Å². The highest BCUT2D eigenvalue weighted by Gasteiger charge is 2.30. The second-order valence-corrected chi connectivity index (χ2v) is 5.86. The predicted molar refractivity (Wildman–Crippen MR) is 72.5 cm³/mol. The van der Waals surface area contributed by atoms with Gasteiger partial charge in [0.25, 0.3) is 0 Å². The number of amides is 4. The summed E-state index contributed by atoms with van der Waals surface area (Å²) in [5, 5.41) is 10.7. The highest BCUT2D eigenvalue weighted by atomic mass is 16.2. The lowest BCUT2D eigenvalue weighted by molar-refractivity contribution is 0.198. The number of rotatable bonds is 5. The van der Waals surface area contributed by atoms with Crippen LogP contribution in [0.2, 0.25) is 0 Å². The van der Waals surface area contributed by atoms with Gasteiger partial charge in [-0.1, -0.05) is 13.8 Å². The summed E-state index contributed by atoms with van der Waals surface area (Å²) >= 11 is 0. The number of carbonyl (C=O) groups excluding carboxylic acids is 2. The van der Waals surface area contributed by atoms with Crippen molar-refractivity contribution in [3.63, 3.8) is 0 Å². The fraction of sp³-hybridized carbons (Fsp3) is 0.833. The number of carbonyl (C=O) groups is 2. The molecule has 0 unspecified atom stereocenters. The Morgan fingerprint density at radius 2 is 1.44 bits per heavy atom. The first-order valence-electron chi connectivity index (χ1n) is 6.07. The minimum Gasteiger partial charge on any atom is -0.341 e. The molecule has 6 heteroatoms. The summed E-state index contributed by atoms with van der Waals surface area (Å²) in [4.78, 5) is 22.5. The first kappa shape index (κ1) is 16.5. The largest absolute Gasteiger partial charge is 0.341 e. The Hall–Kier alpha value is -1.46. The van der Waals surface area contributed by atoms with E-state index in [0.717, 1.165) is 6.42 Å². The van der Waals surface area contributed by atoms with Crippen molar-refractivity contribution < 1.29 is 9.59 Å². The van der Waals surface area contributed by atoms with E-state index in [9.17, 15) is 9.59 Å². The Labute approximate surface area is 109 Å². The minimum atomic E-state index is -0.339. The molecule has 0 saturated carbocycles. The summed E-state index contributed by atoms with van der Waals surface area (Å²) < 4.78 is 0. The highest BCUT2D eigenvalue weighted by Crippen LogP contribution is 2.27. The van der Waals surface area contributed by atoms with E-state index in [4.69, 9.17) is 0 Å². The predicted octanol–water partition coefficient (Wildman–Crippen LogP) is 1.04. The van der Waals surface area contributed by atoms with Gasteiger partial charge >= 0.3 is 12.1 Å². The van der Waals surface area contributed by atoms with Crippen molar-refractivity contribution in [2.75, 3.05) is 20.6 Å². The van der Waals surface area contributed by atoms with Crippen LogP contribution in [0.4, 0.5) is 9.59 Å². The lowest BCUT2D eigenvalue weighted by atomic mass is 9.80. The lowest BCUT2D eigenvalue weighted by Gasteiger charge is -2.35. The monoisotopic (exact) mass is 258 g/mol. The van der Waals surface area contributed by atoms with Crippen LogP contribution in [-0.2, 0) is 0 Å². The van der Waals surface area contributed by atoms with Crippen LogP contribution in [0.3, 0.4) is 0 Å². The van der Waals surface area contributed by atoms with Gasteiger partial charge in [0.2, 0.25) is 0 Å². The summed E-state index contributed by atoms with van der Waals surface area (Å²) in [5.74, 6) is 0. The molecule has 0 fully saturated rings. The van der Waals surface area contributed by atoms with Gasteiger partial charge in [0, 0.05) is 26.2 Å². The Balaban J connectivity index is 4.36. The van der Waals surface area contributed by atoms with E-state index in [0.29, 0.717) is 6.54 Å². The van der Waals surface area contributed by atoms with Crippen LogP contribution in [0.5, 0.6) is 0 Å². The maximum Gasteiger partial charge on any atom is 0.314 e. The molecule has 4 N–H and O–H groups in total. The van der Waals surface area contributed by atoms with E-state index in [1.807, 2.05) is 13.8 Å². The maximum absolute atomic E-state index is 11.3. The van der Waals surface area contributed by atoms with Crippen LogP contribution < -0.4 is 21.3 Å². The average molecular weight is 258 g/mol. The van der Waals surface area contributed by atoms with Crippen LogP contribution >= 0.6 is 0 Å². The van der Waals surface area contributed by atoms with Crippen LogP contribution in [0.1, 0.15) is 34.1 Å². The Morgan fingerprint density at radius 3 is 1.89 bits per heavy atom. The zero-order valence-corrected chi connectivity index (χ0v) is 12.2. The maximum atomic E-state index is 11.3. The van der Waals surface area contributed by atoms with Crippen molar-refractivity contribution in [3.8, 4) is 0 Å². The van der Waals surface area contributed by atoms with Crippen molar-refractivity contribution in [2.24, 2.45) is 5.41 Å². The lowest BCUT2D eigenvalue weighted by Crippen LogP contribution is -2.51. The van der Waals surface area contributed by atoms with Crippen LogP contribution in [0.15, 0.2) is 0 Å². The summed E-state index contributed by atoms with van der Waals surface area (Å²) in [6, 6.07) is -0.393. The molecule has 0 heterocycles. The van der Waals surface area contributed by atoms with Gasteiger partial charge in [-0.3, -0.25) is 0 Å². The van der Waals surface area contributed by atoms with E-state index in [1.165, 1.54) is 0 Å². The Morgan fingerprint density at radius 1 is 0.944 bits per heavy atom. The average Bonchev–Trinajstić information content (AvgIpc) is 2.23. The molecular weight excluding hydrogens is 232 g/mol. The number of nitrogens with one attached hydrogen (secondary N) is 4. The van der Waals surface area contributed by atoms with E-state index in [2.05, 4.69) is 35.1 Å².